The van der Waals surface area contributed by atoms with E-state index in [1.807, 2.05) is 4.90 Å². The maximum absolute atomic E-state index is 11.8. The number of hydrogen-bond acceptors (Lipinski definition) is 10. The van der Waals surface area contributed by atoms with Gasteiger partial charge in [0.25, 0.3) is 0 Å². The highest BCUT2D eigenvalue weighted by molar-refractivity contribution is 5.75. The van der Waals surface area contributed by atoms with Crippen LogP contribution in [0.15, 0.2) is 0 Å². The molecule has 1 heterocycles. The van der Waals surface area contributed by atoms with Gasteiger partial charge in [0.2, 0.25) is 0 Å². The maximum atomic E-state index is 11.8. The highest BCUT2D eigenvalue weighted by Crippen LogP contribution is 2.17. The van der Waals surface area contributed by atoms with E-state index in [0.717, 1.165) is 97.7 Å². The summed E-state index contributed by atoms with van der Waals surface area (Å²) in [4.78, 5) is 38.6. The number of rotatable bonds is 48. The number of methoxy groups -OCH3 is 1. The zero-order valence-corrected chi connectivity index (χ0v) is 51.3. The number of unbranched alkanes of at least 4 members (excludes halogenated alkanes) is 24. The molecule has 0 aromatic heterocycles. The topological polar surface area (TPSA) is 113 Å². The molecule has 1 atom stereocenters. The quantitative estimate of drug-likeness (QED) is 0.0332. The minimum absolute atomic E-state index is 0.124. The van der Waals surface area contributed by atoms with Crippen LogP contribution in [0.5, 0.6) is 0 Å². The van der Waals surface area contributed by atoms with Crippen LogP contribution in [0, 0.1) is 5.92 Å². The van der Waals surface area contributed by atoms with Crippen molar-refractivity contribution in [2.45, 2.75) is 313 Å². The third-order valence-corrected chi connectivity index (χ3v) is 13.4. The lowest BCUT2D eigenvalue weighted by Crippen LogP contribution is -2.39. The summed E-state index contributed by atoms with van der Waals surface area (Å²) < 4.78 is 33.7. The van der Waals surface area contributed by atoms with Crippen LogP contribution < -0.4 is 0 Å². The lowest BCUT2D eigenvalue weighted by atomic mass is 10.0. The average molecular weight is 1060 g/mol. The first-order valence-corrected chi connectivity index (χ1v) is 31.7. The number of likely N-dealkylation sites (tertiary alicyclic amines) is 1. The molecule has 0 spiro atoms. The predicted molar refractivity (Wildman–Crippen MR) is 314 cm³/mol. The molecule has 0 bridgehead atoms. The normalized spacial score (nSPS) is 13.3. The molecule has 1 rings (SSSR count). The predicted octanol–water partition coefficient (Wildman–Crippen LogP) is 18.0. The lowest BCUT2D eigenvalue weighted by Gasteiger charge is -2.30. The van der Waals surface area contributed by atoms with E-state index in [1.165, 1.54) is 174 Å². The molecule has 74 heavy (non-hydrogen) atoms. The summed E-state index contributed by atoms with van der Waals surface area (Å²) in [6.45, 7) is 29.7. The number of carbonyl (C=O) groups is 3. The zero-order valence-electron chi connectivity index (χ0n) is 51.3. The Balaban J connectivity index is -0.00000101. The van der Waals surface area contributed by atoms with E-state index in [1.54, 1.807) is 6.92 Å². The van der Waals surface area contributed by atoms with Crippen molar-refractivity contribution in [2.75, 3.05) is 72.9 Å². The molecular formula is C63H128N2O9. The van der Waals surface area contributed by atoms with Crippen LogP contribution >= 0.6 is 0 Å². The second-order valence-corrected chi connectivity index (χ2v) is 21.1. The van der Waals surface area contributed by atoms with Crippen LogP contribution in [0.3, 0.4) is 0 Å². The molecule has 1 fully saturated rings. The Hall–Kier alpha value is -1.79. The molecule has 0 radical (unpaired) electrons. The molecule has 11 heteroatoms. The summed E-state index contributed by atoms with van der Waals surface area (Å²) >= 11 is 0. The number of Topliss-reactive ketones (excluding diaryl/α,β-unsaturated/α-hetero) is 1. The Morgan fingerprint density at radius 2 is 0.851 bits per heavy atom. The maximum Gasteiger partial charge on any atom is 0.409 e. The number of carbonyl (C=O) groups excluding carboxylic acids is 3. The van der Waals surface area contributed by atoms with E-state index in [9.17, 15) is 14.4 Å². The van der Waals surface area contributed by atoms with Crippen molar-refractivity contribution in [2.24, 2.45) is 5.92 Å². The lowest BCUT2D eigenvalue weighted by molar-refractivity contribution is -0.158. The van der Waals surface area contributed by atoms with Crippen LogP contribution in [0.2, 0.25) is 0 Å². The summed E-state index contributed by atoms with van der Waals surface area (Å²) in [7, 11) is 1.43. The molecule has 0 N–H and O–H groups in total. The van der Waals surface area contributed by atoms with Crippen LogP contribution in [0.1, 0.15) is 300 Å². The van der Waals surface area contributed by atoms with Gasteiger partial charge in [-0.15, -0.1) is 0 Å². The Labute approximate surface area is 460 Å². The van der Waals surface area contributed by atoms with Gasteiger partial charge in [0.15, 0.2) is 12.6 Å². The van der Waals surface area contributed by atoms with Crippen molar-refractivity contribution in [1.82, 2.24) is 9.80 Å². The minimum Gasteiger partial charge on any atom is -0.469 e. The molecule has 11 nitrogen and oxygen atoms in total. The minimum atomic E-state index is -0.274. The fourth-order valence-electron chi connectivity index (χ4n) is 8.62. The molecule has 444 valence electrons. The van der Waals surface area contributed by atoms with E-state index >= 15 is 0 Å². The second-order valence-electron chi connectivity index (χ2n) is 21.1. The first-order chi connectivity index (χ1) is 36.0. The number of piperidine rings is 1. The number of ether oxygens (including phenoxy) is 6. The summed E-state index contributed by atoms with van der Waals surface area (Å²) in [5.41, 5.74) is 0. The van der Waals surface area contributed by atoms with Gasteiger partial charge in [0.1, 0.15) is 5.78 Å². The standard InChI is InChI=1S/C23H46O4.C23H46O3.C14H28N2O2.C3H8/c1-4-6-8-10-12-14-16-20-26-23(19-18-22(24)25-3)27-21-17-15-13-11-9-7-5-2;1-4-6-8-10-12-14-16-20-25-23(19-18-22(3)24)26-21-17-15-13-11-9-7-5-2;1-4-15(5-2)9-7-11-18-14(17)16-10-6-8-13(3)12-16;1-3-2/h23H,4-21H2,1-3H3;23H,4-21H2,1-3H3;13H,4-12H2,1-3H3;3H2,1-2H3. The fourth-order valence-corrected chi connectivity index (χ4v) is 8.62. The third-order valence-electron chi connectivity index (χ3n) is 13.4. The molecule has 1 amide bonds. The van der Waals surface area contributed by atoms with Crippen LogP contribution in [0.4, 0.5) is 4.79 Å². The second kappa shape index (κ2) is 63.7. The molecule has 1 saturated heterocycles. The van der Waals surface area contributed by atoms with Gasteiger partial charge < -0.3 is 43.0 Å². The molecule has 1 aliphatic heterocycles. The molecule has 1 unspecified atom stereocenters. The van der Waals surface area contributed by atoms with Crippen LogP contribution in [0.25, 0.3) is 0 Å². The largest absolute Gasteiger partial charge is 0.469 e. The van der Waals surface area contributed by atoms with Gasteiger partial charge in [-0.25, -0.2) is 4.79 Å². The van der Waals surface area contributed by atoms with Crippen molar-refractivity contribution >= 4 is 17.8 Å². The van der Waals surface area contributed by atoms with Crippen molar-refractivity contribution in [3.05, 3.63) is 0 Å². The summed E-state index contributed by atoms with van der Waals surface area (Å²) in [5.74, 6) is 0.634. The van der Waals surface area contributed by atoms with Crippen molar-refractivity contribution in [1.29, 1.82) is 0 Å². The van der Waals surface area contributed by atoms with Gasteiger partial charge in [0, 0.05) is 65.3 Å². The zero-order chi connectivity index (χ0) is 55.4. The fraction of sp³-hybridized carbons (Fsp3) is 0.952. The van der Waals surface area contributed by atoms with Crippen molar-refractivity contribution in [3.8, 4) is 0 Å². The van der Waals surface area contributed by atoms with Gasteiger partial charge in [0.05, 0.1) is 20.1 Å². The SMILES string of the molecule is CCC.CCCCCCCCCOC(CCC(=O)OC)OCCCCCCCCC.CCCCCCCCCOC(CCC(C)=O)OCCCCCCCCC.CCN(CC)CCCOC(=O)N1CCCC(C)C1. The first kappa shape index (κ1) is 76.4. The molecule has 0 aromatic rings. The number of esters is 1. The smallest absolute Gasteiger partial charge is 0.409 e. The van der Waals surface area contributed by atoms with Crippen molar-refractivity contribution in [3.63, 3.8) is 0 Å². The molecule has 0 aliphatic carbocycles. The molecular weight excluding hydrogens is 929 g/mol. The summed E-state index contributed by atoms with van der Waals surface area (Å²) in [6.07, 6.45) is 41.9. The van der Waals surface area contributed by atoms with Gasteiger partial charge in [-0.1, -0.05) is 223 Å². The number of amides is 1. The Bertz CT molecular complexity index is 1090. The monoisotopic (exact) mass is 1060 g/mol. The Morgan fingerprint density at radius 1 is 0.500 bits per heavy atom. The molecule has 0 saturated carbocycles. The van der Waals surface area contributed by atoms with Gasteiger partial charge in [-0.3, -0.25) is 4.79 Å². The van der Waals surface area contributed by atoms with E-state index in [-0.39, 0.29) is 30.4 Å². The van der Waals surface area contributed by atoms with Crippen LogP contribution in [-0.2, 0) is 38.0 Å². The summed E-state index contributed by atoms with van der Waals surface area (Å²) in [5, 5.41) is 0. The first-order valence-electron chi connectivity index (χ1n) is 31.7. The molecule has 0 aromatic carbocycles. The Kier molecular flexibility index (Phi) is 65.8. The Morgan fingerprint density at radius 3 is 1.18 bits per heavy atom. The highest BCUT2D eigenvalue weighted by atomic mass is 16.7. The molecule has 1 aliphatic rings. The number of hydrogen-bond donors (Lipinski definition) is 0. The van der Waals surface area contributed by atoms with E-state index in [4.69, 9.17) is 28.4 Å². The van der Waals surface area contributed by atoms with E-state index < -0.39 is 0 Å². The third kappa shape index (κ3) is 59.5. The van der Waals surface area contributed by atoms with Gasteiger partial charge in [-0.2, -0.15) is 0 Å². The summed E-state index contributed by atoms with van der Waals surface area (Å²) in [6, 6.07) is 0. The highest BCUT2D eigenvalue weighted by Gasteiger charge is 2.22. The number of nitrogens with zero attached hydrogens (tertiary/aromatic N) is 2. The van der Waals surface area contributed by atoms with E-state index in [2.05, 4.69) is 67.2 Å². The number of ketones is 1. The van der Waals surface area contributed by atoms with E-state index in [0.29, 0.717) is 38.2 Å². The van der Waals surface area contributed by atoms with Crippen molar-refractivity contribution < 1.29 is 42.8 Å². The van der Waals surface area contributed by atoms with Gasteiger partial charge >= 0.3 is 12.1 Å². The van der Waals surface area contributed by atoms with Gasteiger partial charge in [-0.05, 0) is 70.9 Å². The van der Waals surface area contributed by atoms with Crippen LogP contribution in [-0.4, -0.2) is 113 Å². The average Bonchev–Trinajstić information content (AvgIpc) is 3.40.